The molecular weight excluding hydrogens is 346 g/mol. The quantitative estimate of drug-likeness (QED) is 0.874. The van der Waals surface area contributed by atoms with E-state index in [4.69, 9.17) is 0 Å². The molecule has 2 saturated heterocycles. The van der Waals surface area contributed by atoms with Gasteiger partial charge in [-0.3, -0.25) is 19.5 Å². The molecule has 0 spiro atoms. The zero-order chi connectivity index (χ0) is 19.1. The van der Waals surface area contributed by atoms with Gasteiger partial charge in [0, 0.05) is 36.8 Å². The van der Waals surface area contributed by atoms with Crippen LogP contribution in [0, 0.1) is 6.92 Å². The number of carbonyl (C=O) groups excluding carboxylic acids is 2. The first-order chi connectivity index (χ1) is 13.0. The zero-order valence-corrected chi connectivity index (χ0v) is 15.8. The van der Waals surface area contributed by atoms with Gasteiger partial charge in [0.05, 0.1) is 18.3 Å². The van der Waals surface area contributed by atoms with Crippen molar-refractivity contribution in [2.45, 2.75) is 52.0 Å². The SMILES string of the molecule is CCc1c(C)nc2cc([C@H]3CCCN3C(=O)CN3CCCC3=O)[nH]n2c1=O. The molecule has 4 rings (SSSR count). The maximum absolute atomic E-state index is 12.8. The molecule has 4 heterocycles. The number of hydrogen-bond donors (Lipinski definition) is 1. The van der Waals surface area contributed by atoms with Crippen LogP contribution in [0.25, 0.3) is 5.65 Å². The van der Waals surface area contributed by atoms with E-state index < -0.39 is 0 Å². The summed E-state index contributed by atoms with van der Waals surface area (Å²) < 4.78 is 1.48. The Morgan fingerprint density at radius 1 is 1.30 bits per heavy atom. The van der Waals surface area contributed by atoms with Gasteiger partial charge >= 0.3 is 0 Å². The highest BCUT2D eigenvalue weighted by Crippen LogP contribution is 2.31. The van der Waals surface area contributed by atoms with Crippen molar-refractivity contribution < 1.29 is 9.59 Å². The zero-order valence-electron chi connectivity index (χ0n) is 15.8. The number of nitrogens with one attached hydrogen (secondary N) is 1. The summed E-state index contributed by atoms with van der Waals surface area (Å²) in [6, 6.07) is 1.76. The molecule has 1 atom stereocenters. The number of aromatic amines is 1. The number of aromatic nitrogens is 3. The van der Waals surface area contributed by atoms with Gasteiger partial charge in [0.1, 0.15) is 0 Å². The van der Waals surface area contributed by atoms with E-state index in [-0.39, 0.29) is 30.0 Å². The van der Waals surface area contributed by atoms with Gasteiger partial charge in [-0.15, -0.1) is 0 Å². The second-order valence-electron chi connectivity index (χ2n) is 7.40. The van der Waals surface area contributed by atoms with Crippen LogP contribution in [-0.2, 0) is 16.0 Å². The fraction of sp³-hybridized carbons (Fsp3) is 0.579. The molecule has 0 saturated carbocycles. The molecule has 2 fully saturated rings. The molecule has 8 nitrogen and oxygen atoms in total. The number of fused-ring (bicyclic) bond motifs is 1. The lowest BCUT2D eigenvalue weighted by atomic mass is 10.1. The molecule has 1 N–H and O–H groups in total. The van der Waals surface area contributed by atoms with Gasteiger partial charge in [0.15, 0.2) is 5.65 Å². The molecule has 0 unspecified atom stereocenters. The Balaban J connectivity index is 1.62. The monoisotopic (exact) mass is 371 g/mol. The van der Waals surface area contributed by atoms with Crippen LogP contribution in [0.5, 0.6) is 0 Å². The van der Waals surface area contributed by atoms with Crippen molar-refractivity contribution in [3.05, 3.63) is 33.4 Å². The van der Waals surface area contributed by atoms with Crippen LogP contribution in [0.2, 0.25) is 0 Å². The Kier molecular flexibility index (Phi) is 4.49. The van der Waals surface area contributed by atoms with Crippen LogP contribution < -0.4 is 5.56 Å². The van der Waals surface area contributed by atoms with Crippen molar-refractivity contribution in [1.29, 1.82) is 0 Å². The van der Waals surface area contributed by atoms with E-state index in [0.717, 1.165) is 30.7 Å². The van der Waals surface area contributed by atoms with Gasteiger partial charge in [-0.25, -0.2) is 9.50 Å². The number of nitrogens with zero attached hydrogens (tertiary/aromatic N) is 4. The van der Waals surface area contributed by atoms with Gasteiger partial charge < -0.3 is 9.80 Å². The van der Waals surface area contributed by atoms with E-state index in [9.17, 15) is 14.4 Å². The number of aryl methyl sites for hydroxylation is 1. The number of amides is 2. The minimum atomic E-state index is -0.110. The highest BCUT2D eigenvalue weighted by Gasteiger charge is 2.33. The predicted octanol–water partition coefficient (Wildman–Crippen LogP) is 1.18. The average molecular weight is 371 g/mol. The van der Waals surface area contributed by atoms with Gasteiger partial charge in [-0.1, -0.05) is 6.92 Å². The Hall–Kier alpha value is -2.64. The van der Waals surface area contributed by atoms with Crippen LogP contribution in [-0.4, -0.2) is 55.8 Å². The molecule has 2 aromatic rings. The maximum atomic E-state index is 12.8. The van der Waals surface area contributed by atoms with Gasteiger partial charge in [-0.05, 0) is 32.6 Å². The lowest BCUT2D eigenvalue weighted by Crippen LogP contribution is -2.40. The van der Waals surface area contributed by atoms with E-state index in [1.807, 2.05) is 24.8 Å². The summed E-state index contributed by atoms with van der Waals surface area (Å²) in [6.45, 7) is 5.27. The Labute approximate surface area is 157 Å². The molecule has 0 bridgehead atoms. The number of likely N-dealkylation sites (tertiary alicyclic amines) is 2. The Morgan fingerprint density at radius 2 is 2.11 bits per heavy atom. The van der Waals surface area contributed by atoms with Crippen molar-refractivity contribution in [1.82, 2.24) is 24.4 Å². The van der Waals surface area contributed by atoms with Crippen LogP contribution in [0.15, 0.2) is 10.9 Å². The van der Waals surface area contributed by atoms with Crippen molar-refractivity contribution in [2.75, 3.05) is 19.6 Å². The number of carbonyl (C=O) groups is 2. The summed E-state index contributed by atoms with van der Waals surface area (Å²) in [5, 5.41) is 3.16. The maximum Gasteiger partial charge on any atom is 0.276 e. The van der Waals surface area contributed by atoms with E-state index in [1.54, 1.807) is 4.90 Å². The summed E-state index contributed by atoms with van der Waals surface area (Å²) in [4.78, 5) is 45.3. The van der Waals surface area contributed by atoms with Gasteiger partial charge in [-0.2, -0.15) is 0 Å². The third-order valence-corrected chi connectivity index (χ3v) is 5.72. The first kappa shape index (κ1) is 17.8. The fourth-order valence-corrected chi connectivity index (χ4v) is 4.28. The minimum Gasteiger partial charge on any atom is -0.333 e. The van der Waals surface area contributed by atoms with Crippen LogP contribution in [0.3, 0.4) is 0 Å². The van der Waals surface area contributed by atoms with Gasteiger partial charge in [0.25, 0.3) is 5.56 Å². The normalized spacial score (nSPS) is 20.2. The summed E-state index contributed by atoms with van der Waals surface area (Å²) >= 11 is 0. The predicted molar refractivity (Wildman–Crippen MR) is 99.4 cm³/mol. The van der Waals surface area contributed by atoms with Crippen molar-refractivity contribution >= 4 is 17.5 Å². The highest BCUT2D eigenvalue weighted by molar-refractivity contribution is 5.86. The molecular formula is C19H25N5O3. The molecule has 2 aromatic heterocycles. The third-order valence-electron chi connectivity index (χ3n) is 5.72. The molecule has 0 aromatic carbocycles. The smallest absolute Gasteiger partial charge is 0.276 e. The van der Waals surface area contributed by atoms with Crippen LogP contribution in [0.4, 0.5) is 0 Å². The summed E-state index contributed by atoms with van der Waals surface area (Å²) in [5.74, 6) is 0.0279. The first-order valence-electron chi connectivity index (χ1n) is 9.68. The average Bonchev–Trinajstić information content (AvgIpc) is 3.35. The molecule has 2 aliphatic heterocycles. The third kappa shape index (κ3) is 3.02. The lowest BCUT2D eigenvalue weighted by molar-refractivity contribution is -0.139. The first-order valence-corrected chi connectivity index (χ1v) is 9.68. The second-order valence-corrected chi connectivity index (χ2v) is 7.40. The number of H-pyrrole nitrogens is 1. The largest absolute Gasteiger partial charge is 0.333 e. The molecule has 0 radical (unpaired) electrons. The summed E-state index contributed by atoms with van der Waals surface area (Å²) in [7, 11) is 0. The highest BCUT2D eigenvalue weighted by atomic mass is 16.2. The molecule has 8 heteroatoms. The standard InChI is InChI=1S/C19H25N5O3/c1-3-13-12(2)20-16-10-14(21-24(16)19(13)27)15-6-4-9-23(15)18(26)11-22-8-5-7-17(22)25/h10,15,21H,3-9,11H2,1-2H3/t15-/m1/s1. The van der Waals surface area contributed by atoms with Gasteiger partial charge in [0.2, 0.25) is 11.8 Å². The molecule has 2 amide bonds. The number of hydrogen-bond acceptors (Lipinski definition) is 4. The Morgan fingerprint density at radius 3 is 2.81 bits per heavy atom. The molecule has 144 valence electrons. The van der Waals surface area contributed by atoms with E-state index in [0.29, 0.717) is 37.1 Å². The van der Waals surface area contributed by atoms with Crippen LogP contribution >= 0.6 is 0 Å². The molecule has 2 aliphatic rings. The number of rotatable bonds is 4. The second kappa shape index (κ2) is 6.83. The summed E-state index contributed by atoms with van der Waals surface area (Å²) in [6.07, 6.45) is 3.73. The van der Waals surface area contributed by atoms with E-state index in [2.05, 4.69) is 10.1 Å². The van der Waals surface area contributed by atoms with Crippen LogP contribution in [0.1, 0.15) is 55.6 Å². The van der Waals surface area contributed by atoms with Crippen molar-refractivity contribution in [3.8, 4) is 0 Å². The molecule has 0 aliphatic carbocycles. The minimum absolute atomic E-state index is 0.0304. The summed E-state index contributed by atoms with van der Waals surface area (Å²) in [5.41, 5.74) is 2.78. The Bertz CT molecular complexity index is 960. The van der Waals surface area contributed by atoms with E-state index >= 15 is 0 Å². The van der Waals surface area contributed by atoms with Crippen molar-refractivity contribution in [2.24, 2.45) is 0 Å². The topological polar surface area (TPSA) is 90.8 Å². The van der Waals surface area contributed by atoms with Crippen molar-refractivity contribution in [3.63, 3.8) is 0 Å². The van der Waals surface area contributed by atoms with E-state index in [1.165, 1.54) is 4.52 Å². The fourth-order valence-electron chi connectivity index (χ4n) is 4.28. The lowest BCUT2D eigenvalue weighted by Gasteiger charge is -2.26. The molecule has 27 heavy (non-hydrogen) atoms.